The van der Waals surface area contributed by atoms with E-state index < -0.39 is 20.6 Å². The van der Waals surface area contributed by atoms with Gasteiger partial charge < -0.3 is 10.2 Å². The standard InChI is InChI=1S/C19H23N5O5S/c1-13(16-4-2-3-10-21-16)23(14-5-6-14)19(25)9-11-22-17-8-7-15(30(20,28)29)12-18(17)24(26)27/h2-4,7-8,10,12-14,22H,5-6,9,11H2,1H3,(H2,20,28,29). The number of carbonyl (C=O) groups excluding carboxylic acids is 1. The normalized spacial score (nSPS) is 14.7. The van der Waals surface area contributed by atoms with Crippen molar-refractivity contribution in [2.75, 3.05) is 11.9 Å². The summed E-state index contributed by atoms with van der Waals surface area (Å²) in [6.45, 7) is 2.09. The van der Waals surface area contributed by atoms with Crippen LogP contribution in [0.15, 0.2) is 47.5 Å². The van der Waals surface area contributed by atoms with Crippen molar-refractivity contribution in [3.05, 3.63) is 58.4 Å². The molecule has 1 aromatic heterocycles. The fraction of sp³-hybridized carbons (Fsp3) is 0.368. The van der Waals surface area contributed by atoms with E-state index in [1.807, 2.05) is 30.0 Å². The Morgan fingerprint density at radius 2 is 2.10 bits per heavy atom. The number of sulfonamides is 1. The molecule has 0 aliphatic heterocycles. The number of nitrogens with zero attached hydrogens (tertiary/aromatic N) is 3. The Morgan fingerprint density at radius 1 is 1.37 bits per heavy atom. The molecule has 0 saturated heterocycles. The Hall–Kier alpha value is -3.05. The first kappa shape index (κ1) is 21.7. The zero-order valence-corrected chi connectivity index (χ0v) is 17.2. The average molecular weight is 433 g/mol. The summed E-state index contributed by atoms with van der Waals surface area (Å²) in [5.41, 5.74) is 0.505. The Balaban J connectivity index is 1.68. The highest BCUT2D eigenvalue weighted by molar-refractivity contribution is 7.89. The van der Waals surface area contributed by atoms with Crippen molar-refractivity contribution < 1.29 is 18.1 Å². The summed E-state index contributed by atoms with van der Waals surface area (Å²) in [6.07, 6.45) is 3.70. The minimum absolute atomic E-state index is 0.0769. The monoisotopic (exact) mass is 433 g/mol. The molecule has 0 radical (unpaired) electrons. The molecule has 1 fully saturated rings. The molecule has 11 heteroatoms. The predicted molar refractivity (Wildman–Crippen MR) is 110 cm³/mol. The molecule has 0 bridgehead atoms. The van der Waals surface area contributed by atoms with Crippen molar-refractivity contribution >= 4 is 27.3 Å². The molecule has 3 rings (SSSR count). The van der Waals surface area contributed by atoms with Crippen LogP contribution in [0.4, 0.5) is 11.4 Å². The SMILES string of the molecule is CC(c1ccccn1)N(C(=O)CCNc1ccc(S(N)(=O)=O)cc1[N+](=O)[O-])C1CC1. The maximum Gasteiger partial charge on any atom is 0.293 e. The predicted octanol–water partition coefficient (Wildman–Crippen LogP) is 2.19. The van der Waals surface area contributed by atoms with Gasteiger partial charge in [0.1, 0.15) is 5.69 Å². The van der Waals surface area contributed by atoms with Gasteiger partial charge in [-0.05, 0) is 44.0 Å². The highest BCUT2D eigenvalue weighted by atomic mass is 32.2. The molecule has 0 spiro atoms. The van der Waals surface area contributed by atoms with Gasteiger partial charge in [-0.25, -0.2) is 13.6 Å². The van der Waals surface area contributed by atoms with Gasteiger partial charge in [-0.15, -0.1) is 0 Å². The number of nitro groups is 1. The van der Waals surface area contributed by atoms with Gasteiger partial charge in [0.05, 0.1) is 21.6 Å². The second kappa shape index (κ2) is 8.76. The summed E-state index contributed by atoms with van der Waals surface area (Å²) in [5, 5.41) is 19.2. The lowest BCUT2D eigenvalue weighted by Gasteiger charge is -2.29. The molecule has 160 valence electrons. The average Bonchev–Trinajstić information content (AvgIpc) is 3.53. The van der Waals surface area contributed by atoms with Crippen LogP contribution in [-0.2, 0) is 14.8 Å². The number of nitro benzene ring substituents is 1. The van der Waals surface area contributed by atoms with Crippen LogP contribution in [0, 0.1) is 10.1 Å². The van der Waals surface area contributed by atoms with Gasteiger partial charge in [0.15, 0.2) is 0 Å². The number of benzene rings is 1. The van der Waals surface area contributed by atoms with E-state index >= 15 is 0 Å². The minimum Gasteiger partial charge on any atom is -0.379 e. The number of nitrogens with two attached hydrogens (primary N) is 1. The van der Waals surface area contributed by atoms with E-state index in [0.717, 1.165) is 24.6 Å². The van der Waals surface area contributed by atoms with Crippen LogP contribution in [0.3, 0.4) is 0 Å². The molecule has 1 atom stereocenters. The van der Waals surface area contributed by atoms with Crippen LogP contribution in [-0.4, -0.2) is 41.7 Å². The largest absolute Gasteiger partial charge is 0.379 e. The van der Waals surface area contributed by atoms with Crippen LogP contribution in [0.5, 0.6) is 0 Å². The zero-order valence-electron chi connectivity index (χ0n) is 16.4. The first-order valence-electron chi connectivity index (χ1n) is 9.45. The number of primary sulfonamides is 1. The Kier molecular flexibility index (Phi) is 6.32. The summed E-state index contributed by atoms with van der Waals surface area (Å²) >= 11 is 0. The van der Waals surface area contributed by atoms with Crippen molar-refractivity contribution in [2.45, 2.75) is 43.2 Å². The molecular weight excluding hydrogens is 410 g/mol. The van der Waals surface area contributed by atoms with E-state index in [9.17, 15) is 23.3 Å². The van der Waals surface area contributed by atoms with Crippen LogP contribution in [0.2, 0.25) is 0 Å². The van der Waals surface area contributed by atoms with E-state index in [0.29, 0.717) is 0 Å². The van der Waals surface area contributed by atoms with Gasteiger partial charge in [0, 0.05) is 31.3 Å². The fourth-order valence-electron chi connectivity index (χ4n) is 3.28. The molecule has 1 unspecified atom stereocenters. The Labute approximate surface area is 174 Å². The van der Waals surface area contributed by atoms with E-state index in [4.69, 9.17) is 5.14 Å². The number of carbonyl (C=O) groups is 1. The maximum absolute atomic E-state index is 12.9. The highest BCUT2D eigenvalue weighted by Gasteiger charge is 2.36. The third-order valence-electron chi connectivity index (χ3n) is 4.91. The van der Waals surface area contributed by atoms with Gasteiger partial charge in [-0.1, -0.05) is 6.07 Å². The zero-order chi connectivity index (χ0) is 21.9. The van der Waals surface area contributed by atoms with Crippen molar-refractivity contribution in [2.24, 2.45) is 5.14 Å². The first-order chi connectivity index (χ1) is 14.2. The summed E-state index contributed by atoms with van der Waals surface area (Å²) < 4.78 is 22.9. The summed E-state index contributed by atoms with van der Waals surface area (Å²) in [4.78, 5) is 29.3. The van der Waals surface area contributed by atoms with Gasteiger partial charge in [-0.2, -0.15) is 0 Å². The van der Waals surface area contributed by atoms with E-state index in [1.165, 1.54) is 12.1 Å². The summed E-state index contributed by atoms with van der Waals surface area (Å²) in [6, 6.07) is 8.94. The number of pyridine rings is 1. The van der Waals surface area contributed by atoms with Crippen molar-refractivity contribution in [3.8, 4) is 0 Å². The van der Waals surface area contributed by atoms with E-state index in [1.54, 1.807) is 6.20 Å². The Morgan fingerprint density at radius 3 is 2.67 bits per heavy atom. The second-order valence-electron chi connectivity index (χ2n) is 7.12. The van der Waals surface area contributed by atoms with Crippen molar-refractivity contribution in [1.29, 1.82) is 0 Å². The minimum atomic E-state index is -4.06. The van der Waals surface area contributed by atoms with Crippen molar-refractivity contribution in [3.63, 3.8) is 0 Å². The van der Waals surface area contributed by atoms with Gasteiger partial charge in [0.25, 0.3) is 5.69 Å². The molecule has 1 aliphatic rings. The molecular formula is C19H23N5O5S. The number of rotatable bonds is 9. The van der Waals surface area contributed by atoms with E-state index in [-0.39, 0.29) is 41.5 Å². The molecule has 1 saturated carbocycles. The quantitative estimate of drug-likeness (QED) is 0.455. The highest BCUT2D eigenvalue weighted by Crippen LogP contribution is 2.34. The van der Waals surface area contributed by atoms with Crippen LogP contribution in [0.25, 0.3) is 0 Å². The molecule has 3 N–H and O–H groups in total. The van der Waals surface area contributed by atoms with Crippen LogP contribution < -0.4 is 10.5 Å². The number of hydrogen-bond acceptors (Lipinski definition) is 7. The Bertz CT molecular complexity index is 1040. The van der Waals surface area contributed by atoms with Gasteiger partial charge in [0.2, 0.25) is 15.9 Å². The summed E-state index contributed by atoms with van der Waals surface area (Å²) in [7, 11) is -4.06. The molecule has 30 heavy (non-hydrogen) atoms. The molecule has 1 aliphatic carbocycles. The molecule has 1 aromatic carbocycles. The second-order valence-corrected chi connectivity index (χ2v) is 8.68. The molecule has 2 aromatic rings. The van der Waals surface area contributed by atoms with Crippen molar-refractivity contribution in [1.82, 2.24) is 9.88 Å². The first-order valence-corrected chi connectivity index (χ1v) is 11.0. The fourth-order valence-corrected chi connectivity index (χ4v) is 3.81. The molecule has 1 amide bonds. The third kappa shape index (κ3) is 5.10. The van der Waals surface area contributed by atoms with Crippen LogP contribution >= 0.6 is 0 Å². The number of aromatic nitrogens is 1. The van der Waals surface area contributed by atoms with Gasteiger partial charge >= 0.3 is 0 Å². The molecule has 10 nitrogen and oxygen atoms in total. The lowest BCUT2D eigenvalue weighted by Crippen LogP contribution is -2.36. The summed E-state index contributed by atoms with van der Waals surface area (Å²) in [5.74, 6) is -0.0769. The van der Waals surface area contributed by atoms with Gasteiger partial charge in [-0.3, -0.25) is 19.9 Å². The topological polar surface area (TPSA) is 149 Å². The van der Waals surface area contributed by atoms with E-state index in [2.05, 4.69) is 10.3 Å². The number of hydrogen-bond donors (Lipinski definition) is 2. The number of nitrogens with one attached hydrogen (secondary N) is 1. The smallest absolute Gasteiger partial charge is 0.293 e. The van der Waals surface area contributed by atoms with Crippen LogP contribution in [0.1, 0.15) is 37.9 Å². The number of anilines is 1. The lowest BCUT2D eigenvalue weighted by molar-refractivity contribution is -0.384. The lowest BCUT2D eigenvalue weighted by atomic mass is 10.1. The number of amides is 1. The third-order valence-corrected chi connectivity index (χ3v) is 5.82. The molecule has 1 heterocycles. The maximum atomic E-state index is 12.9.